The number of aryl methyl sites for hydroxylation is 1. The van der Waals surface area contributed by atoms with Crippen LogP contribution in [0.15, 0.2) is 67.1 Å². The highest BCUT2D eigenvalue weighted by Crippen LogP contribution is 2.33. The summed E-state index contributed by atoms with van der Waals surface area (Å²) >= 11 is 0. The first-order valence-corrected chi connectivity index (χ1v) is 9.42. The number of benzene rings is 2. The molecule has 146 valence electrons. The summed E-state index contributed by atoms with van der Waals surface area (Å²) in [7, 11) is 0. The third kappa shape index (κ3) is 4.11. The lowest BCUT2D eigenvalue weighted by Gasteiger charge is -2.11. The van der Waals surface area contributed by atoms with Gasteiger partial charge in [0.1, 0.15) is 5.82 Å². The van der Waals surface area contributed by atoms with Crippen molar-refractivity contribution in [2.45, 2.75) is 13.3 Å². The van der Waals surface area contributed by atoms with Crippen LogP contribution in [0.25, 0.3) is 5.57 Å². The number of pyridine rings is 1. The predicted octanol–water partition coefficient (Wildman–Crippen LogP) is 4.59. The normalized spacial score (nSPS) is 13.9. The Hall–Kier alpha value is -3.67. The molecule has 1 aromatic heterocycles. The number of halogens is 1. The predicted molar refractivity (Wildman–Crippen MR) is 114 cm³/mol. The molecule has 2 aromatic carbocycles. The topological polar surface area (TPSA) is 66.1 Å². The Kier molecular flexibility index (Phi) is 5.24. The van der Waals surface area contributed by atoms with Crippen LogP contribution < -0.4 is 16.0 Å². The highest BCUT2D eigenvalue weighted by molar-refractivity contribution is 6.31. The summed E-state index contributed by atoms with van der Waals surface area (Å²) < 4.78 is 14.1. The van der Waals surface area contributed by atoms with E-state index in [2.05, 4.69) is 27.0 Å². The number of nitrogens with zero attached hydrogens (tertiary/aromatic N) is 1. The second-order valence-electron chi connectivity index (χ2n) is 6.89. The van der Waals surface area contributed by atoms with Crippen molar-refractivity contribution >= 4 is 28.5 Å². The molecular formula is C23H21FN4O. The summed E-state index contributed by atoms with van der Waals surface area (Å²) in [5.74, 6) is -0.735. The van der Waals surface area contributed by atoms with Gasteiger partial charge in [-0.15, -0.1) is 0 Å². The van der Waals surface area contributed by atoms with Crippen LogP contribution in [-0.4, -0.2) is 17.4 Å². The molecule has 0 spiro atoms. The summed E-state index contributed by atoms with van der Waals surface area (Å²) in [6, 6.07) is 14.5. The number of hydrogen-bond acceptors (Lipinski definition) is 4. The van der Waals surface area contributed by atoms with E-state index in [1.165, 1.54) is 11.6 Å². The number of rotatable bonds is 6. The number of aromatic nitrogens is 1. The standard InChI is InChI=1S/C23H21FN4O/c1-15-12-17(7-8-20(15)26-11-9-16-4-3-10-25-13-16)27-14-18-22-19(24)5-2-6-21(22)28-23(18)29/h2-8,10,12-14,26-27H,9,11H2,1H3,(H,28,29). The van der Waals surface area contributed by atoms with E-state index < -0.39 is 5.82 Å². The second kappa shape index (κ2) is 8.14. The smallest absolute Gasteiger partial charge is 0.257 e. The highest BCUT2D eigenvalue weighted by Gasteiger charge is 2.27. The minimum Gasteiger partial charge on any atom is -0.384 e. The largest absolute Gasteiger partial charge is 0.384 e. The van der Waals surface area contributed by atoms with Crippen LogP contribution >= 0.6 is 0 Å². The van der Waals surface area contributed by atoms with E-state index in [0.29, 0.717) is 11.3 Å². The fraction of sp³-hybridized carbons (Fsp3) is 0.130. The number of anilines is 3. The van der Waals surface area contributed by atoms with Crippen molar-refractivity contribution in [2.24, 2.45) is 0 Å². The average Bonchev–Trinajstić information content (AvgIpc) is 3.05. The number of nitrogens with one attached hydrogen (secondary N) is 3. The van der Waals surface area contributed by atoms with Gasteiger partial charge in [-0.1, -0.05) is 12.1 Å². The number of hydrogen-bond donors (Lipinski definition) is 3. The highest BCUT2D eigenvalue weighted by atomic mass is 19.1. The van der Waals surface area contributed by atoms with E-state index in [-0.39, 0.29) is 11.5 Å². The molecule has 0 radical (unpaired) electrons. The Morgan fingerprint density at radius 3 is 2.86 bits per heavy atom. The maximum Gasteiger partial charge on any atom is 0.257 e. The molecule has 6 heteroatoms. The van der Waals surface area contributed by atoms with Gasteiger partial charge < -0.3 is 16.0 Å². The van der Waals surface area contributed by atoms with Gasteiger partial charge in [0.05, 0.1) is 11.3 Å². The second-order valence-corrected chi connectivity index (χ2v) is 6.89. The zero-order chi connectivity index (χ0) is 20.2. The van der Waals surface area contributed by atoms with Gasteiger partial charge in [-0.2, -0.15) is 0 Å². The van der Waals surface area contributed by atoms with Crippen LogP contribution in [0.3, 0.4) is 0 Å². The van der Waals surface area contributed by atoms with Crippen LogP contribution in [-0.2, 0) is 11.2 Å². The van der Waals surface area contributed by atoms with E-state index >= 15 is 0 Å². The van der Waals surface area contributed by atoms with E-state index in [9.17, 15) is 9.18 Å². The van der Waals surface area contributed by atoms with Crippen molar-refractivity contribution in [1.82, 2.24) is 4.98 Å². The Morgan fingerprint density at radius 2 is 2.07 bits per heavy atom. The molecule has 1 amide bonds. The summed E-state index contributed by atoms with van der Waals surface area (Å²) in [5.41, 5.74) is 5.21. The van der Waals surface area contributed by atoms with Gasteiger partial charge in [0.2, 0.25) is 0 Å². The van der Waals surface area contributed by atoms with Crippen molar-refractivity contribution in [1.29, 1.82) is 0 Å². The minimum atomic E-state index is -0.418. The summed E-state index contributed by atoms with van der Waals surface area (Å²) in [6.07, 6.45) is 6.08. The fourth-order valence-corrected chi connectivity index (χ4v) is 3.34. The van der Waals surface area contributed by atoms with Gasteiger partial charge in [-0.25, -0.2) is 4.39 Å². The van der Waals surface area contributed by atoms with Crippen LogP contribution in [0.5, 0.6) is 0 Å². The molecule has 0 atom stereocenters. The Morgan fingerprint density at radius 1 is 1.17 bits per heavy atom. The molecule has 0 saturated carbocycles. The third-order valence-electron chi connectivity index (χ3n) is 4.84. The molecule has 0 aliphatic carbocycles. The number of fused-ring (bicyclic) bond motifs is 1. The average molecular weight is 388 g/mol. The van der Waals surface area contributed by atoms with E-state index in [1.54, 1.807) is 24.5 Å². The molecule has 1 aliphatic heterocycles. The van der Waals surface area contributed by atoms with Gasteiger partial charge >= 0.3 is 0 Å². The first kappa shape index (κ1) is 18.7. The zero-order valence-corrected chi connectivity index (χ0v) is 16.0. The first-order valence-electron chi connectivity index (χ1n) is 9.42. The zero-order valence-electron chi connectivity index (χ0n) is 16.0. The minimum absolute atomic E-state index is 0.287. The van der Waals surface area contributed by atoms with Crippen LogP contribution in [0.4, 0.5) is 21.5 Å². The maximum absolute atomic E-state index is 14.1. The molecule has 3 aromatic rings. The monoisotopic (exact) mass is 388 g/mol. The number of carbonyl (C=O) groups excluding carboxylic acids is 1. The van der Waals surface area contributed by atoms with Crippen molar-refractivity contribution in [2.75, 3.05) is 22.5 Å². The summed E-state index contributed by atoms with van der Waals surface area (Å²) in [4.78, 5) is 16.3. The molecule has 2 heterocycles. The molecule has 0 unspecified atom stereocenters. The SMILES string of the molecule is Cc1cc(NC=C2C(=O)Nc3cccc(F)c32)ccc1NCCc1cccnc1. The lowest BCUT2D eigenvalue weighted by atomic mass is 10.1. The van der Waals surface area contributed by atoms with Gasteiger partial charge in [0, 0.05) is 42.1 Å². The Labute approximate surface area is 168 Å². The quantitative estimate of drug-likeness (QED) is 0.541. The van der Waals surface area contributed by atoms with Crippen molar-refractivity contribution in [3.05, 3.63) is 89.6 Å². The number of amides is 1. The molecule has 0 saturated heterocycles. The van der Waals surface area contributed by atoms with Gasteiger partial charge in [0.15, 0.2) is 0 Å². The Bertz CT molecular complexity index is 1080. The number of carbonyl (C=O) groups is 1. The van der Waals surface area contributed by atoms with Crippen molar-refractivity contribution in [3.8, 4) is 0 Å². The lowest BCUT2D eigenvalue weighted by Crippen LogP contribution is -2.07. The molecule has 5 nitrogen and oxygen atoms in total. The van der Waals surface area contributed by atoms with Crippen LogP contribution in [0.2, 0.25) is 0 Å². The van der Waals surface area contributed by atoms with E-state index in [1.807, 2.05) is 37.4 Å². The molecule has 3 N–H and O–H groups in total. The molecule has 0 fully saturated rings. The molecular weight excluding hydrogens is 367 g/mol. The fourth-order valence-electron chi connectivity index (χ4n) is 3.34. The van der Waals surface area contributed by atoms with Crippen LogP contribution in [0.1, 0.15) is 16.7 Å². The Balaban J connectivity index is 1.43. The van der Waals surface area contributed by atoms with E-state index in [4.69, 9.17) is 0 Å². The molecule has 1 aliphatic rings. The van der Waals surface area contributed by atoms with Crippen molar-refractivity contribution in [3.63, 3.8) is 0 Å². The first-order chi connectivity index (χ1) is 14.1. The van der Waals surface area contributed by atoms with Gasteiger partial charge in [0.25, 0.3) is 5.91 Å². The van der Waals surface area contributed by atoms with E-state index in [0.717, 1.165) is 29.9 Å². The molecule has 4 rings (SSSR count). The third-order valence-corrected chi connectivity index (χ3v) is 4.84. The summed E-state index contributed by atoms with van der Waals surface area (Å²) in [5, 5.41) is 9.22. The summed E-state index contributed by atoms with van der Waals surface area (Å²) in [6.45, 7) is 2.82. The van der Waals surface area contributed by atoms with Gasteiger partial charge in [-0.05, 0) is 60.9 Å². The lowest BCUT2D eigenvalue weighted by molar-refractivity contribution is -0.110. The van der Waals surface area contributed by atoms with Gasteiger partial charge in [-0.3, -0.25) is 9.78 Å². The van der Waals surface area contributed by atoms with Crippen LogP contribution in [0, 0.1) is 12.7 Å². The molecule has 29 heavy (non-hydrogen) atoms. The van der Waals surface area contributed by atoms with Crippen molar-refractivity contribution < 1.29 is 9.18 Å². The maximum atomic E-state index is 14.1. The molecule has 0 bridgehead atoms.